The first-order valence-corrected chi connectivity index (χ1v) is 12.5. The number of hydrogen-bond donors (Lipinski definition) is 2. The molecule has 3 atom stereocenters. The Morgan fingerprint density at radius 1 is 1.19 bits per heavy atom. The highest BCUT2D eigenvalue weighted by molar-refractivity contribution is 7.89. The van der Waals surface area contributed by atoms with Crippen LogP contribution in [-0.4, -0.2) is 37.0 Å². The maximum Gasteiger partial charge on any atom is 0.245 e. The third kappa shape index (κ3) is 4.13. The summed E-state index contributed by atoms with van der Waals surface area (Å²) in [6.07, 6.45) is 2.91. The predicted molar refractivity (Wildman–Crippen MR) is 121 cm³/mol. The lowest BCUT2D eigenvalue weighted by Crippen LogP contribution is -2.40. The largest absolute Gasteiger partial charge is 0.355 e. The molecule has 0 amide bonds. The van der Waals surface area contributed by atoms with Crippen molar-refractivity contribution in [2.24, 2.45) is 11.7 Å². The predicted octanol–water partition coefficient (Wildman–Crippen LogP) is 4.21. The molecule has 3 unspecified atom stereocenters. The molecule has 8 heteroatoms. The minimum atomic E-state index is -3.73. The molecule has 5 rings (SSSR count). The monoisotopic (exact) mass is 459 g/mol. The van der Waals surface area contributed by atoms with Gasteiger partial charge < -0.3 is 15.5 Å². The zero-order valence-electron chi connectivity index (χ0n) is 17.1. The third-order valence-electron chi connectivity index (χ3n) is 6.31. The summed E-state index contributed by atoms with van der Waals surface area (Å²) in [5, 5.41) is 1.09. The number of aromatic amines is 1. The number of nitrogens with one attached hydrogen (secondary N) is 1. The number of nitrogens with two attached hydrogens (primary N) is 1. The lowest BCUT2D eigenvalue weighted by atomic mass is 9.93. The Bertz CT molecular complexity index is 1200. The molecule has 0 radical (unpaired) electrons. The molecule has 1 aromatic heterocycles. The molecule has 6 nitrogen and oxygen atoms in total. The highest BCUT2D eigenvalue weighted by atomic mass is 35.5. The van der Waals surface area contributed by atoms with Crippen LogP contribution in [0.3, 0.4) is 0 Å². The molecule has 0 saturated carbocycles. The number of fused-ring (bicyclic) bond motifs is 1. The Labute approximate surface area is 187 Å². The summed E-state index contributed by atoms with van der Waals surface area (Å²) in [5.41, 5.74) is 8.41. The second-order valence-corrected chi connectivity index (χ2v) is 10.8. The van der Waals surface area contributed by atoms with Gasteiger partial charge in [0.15, 0.2) is 0 Å². The zero-order valence-corrected chi connectivity index (χ0v) is 18.7. The molecule has 0 aliphatic carbocycles. The number of rotatable bonds is 6. The number of hydrogen-bond acceptors (Lipinski definition) is 4. The fourth-order valence-corrected chi connectivity index (χ4v) is 6.72. The van der Waals surface area contributed by atoms with Gasteiger partial charge in [-0.1, -0.05) is 41.9 Å². The van der Waals surface area contributed by atoms with Crippen LogP contribution in [0.5, 0.6) is 0 Å². The van der Waals surface area contributed by atoms with Crippen LogP contribution in [0.2, 0.25) is 5.02 Å². The highest BCUT2D eigenvalue weighted by Gasteiger charge is 2.44. The van der Waals surface area contributed by atoms with Crippen LogP contribution < -0.4 is 5.73 Å². The van der Waals surface area contributed by atoms with E-state index in [0.29, 0.717) is 35.1 Å². The Balaban J connectivity index is 1.43. The van der Waals surface area contributed by atoms with E-state index in [1.165, 1.54) is 5.56 Å². The number of aromatic nitrogens is 1. The maximum atomic E-state index is 13.8. The van der Waals surface area contributed by atoms with E-state index in [9.17, 15) is 8.42 Å². The molecular weight excluding hydrogens is 434 g/mol. The molecule has 2 aliphatic rings. The van der Waals surface area contributed by atoms with Crippen molar-refractivity contribution in [1.82, 2.24) is 9.29 Å². The summed E-state index contributed by atoms with van der Waals surface area (Å²) in [7, 11) is -3.73. The van der Waals surface area contributed by atoms with E-state index in [0.717, 1.165) is 31.2 Å². The molecule has 3 N–H and O–H groups in total. The van der Waals surface area contributed by atoms with Gasteiger partial charge in [-0.05, 0) is 55.4 Å². The maximum absolute atomic E-state index is 13.8. The van der Waals surface area contributed by atoms with Crippen molar-refractivity contribution in [3.63, 3.8) is 0 Å². The van der Waals surface area contributed by atoms with Crippen molar-refractivity contribution >= 4 is 32.5 Å². The number of halogens is 1. The first kappa shape index (κ1) is 21.0. The Morgan fingerprint density at radius 3 is 2.71 bits per heavy atom. The summed E-state index contributed by atoms with van der Waals surface area (Å²) in [6, 6.07) is 15.6. The minimum Gasteiger partial charge on any atom is -0.355 e. The third-order valence-corrected chi connectivity index (χ3v) is 8.52. The lowest BCUT2D eigenvalue weighted by Gasteiger charge is -2.32. The number of ether oxygens (including phenoxy) is 1. The van der Waals surface area contributed by atoms with Crippen molar-refractivity contribution in [1.29, 1.82) is 0 Å². The summed E-state index contributed by atoms with van der Waals surface area (Å²) < 4.78 is 34.7. The minimum absolute atomic E-state index is 0.256. The van der Waals surface area contributed by atoms with Crippen LogP contribution in [-0.2, 0) is 21.2 Å². The molecule has 2 fully saturated rings. The van der Waals surface area contributed by atoms with Crippen LogP contribution >= 0.6 is 11.6 Å². The van der Waals surface area contributed by atoms with Crippen LogP contribution in [0.1, 0.15) is 36.6 Å². The number of epoxide rings is 1. The standard InChI is InChI=1S/C23H26ClN3O3S/c24-17-10-11-19-18(13-17)22(20(26-19)21-23(25)30-21)31(28,29)27-12-4-7-16(14-27)9-8-15-5-2-1-3-6-15/h1-3,5-6,10-11,13,16,21,23,26H,4,7-9,12,14,25H2. The quantitative estimate of drug-likeness (QED) is 0.540. The first-order valence-electron chi connectivity index (χ1n) is 10.7. The van der Waals surface area contributed by atoms with Gasteiger partial charge >= 0.3 is 0 Å². The molecule has 3 aromatic rings. The first-order chi connectivity index (χ1) is 14.9. The van der Waals surface area contributed by atoms with Crippen LogP contribution in [0.15, 0.2) is 53.4 Å². The smallest absolute Gasteiger partial charge is 0.245 e. The number of piperidine rings is 1. The number of benzene rings is 2. The number of aryl methyl sites for hydroxylation is 1. The van der Waals surface area contributed by atoms with E-state index in [1.54, 1.807) is 22.5 Å². The number of sulfonamides is 1. The summed E-state index contributed by atoms with van der Waals surface area (Å²) >= 11 is 6.20. The molecular formula is C23H26ClN3O3S. The Hall–Kier alpha value is -1.90. The van der Waals surface area contributed by atoms with Crippen LogP contribution in [0, 0.1) is 5.92 Å². The number of nitrogens with zero attached hydrogens (tertiary/aromatic N) is 1. The molecule has 3 heterocycles. The number of H-pyrrole nitrogens is 1. The summed E-state index contributed by atoms with van der Waals surface area (Å²) in [6.45, 7) is 1.05. The van der Waals surface area contributed by atoms with Gasteiger partial charge in [-0.3, -0.25) is 0 Å². The Morgan fingerprint density at radius 2 is 1.97 bits per heavy atom. The average Bonchev–Trinajstić information content (AvgIpc) is 3.38. The van der Waals surface area contributed by atoms with Gasteiger partial charge in [0, 0.05) is 29.0 Å². The fourth-order valence-electron chi connectivity index (χ4n) is 4.62. The van der Waals surface area contributed by atoms with Crippen molar-refractivity contribution in [2.75, 3.05) is 13.1 Å². The topological polar surface area (TPSA) is 91.7 Å². The summed E-state index contributed by atoms with van der Waals surface area (Å²) in [4.78, 5) is 3.47. The zero-order chi connectivity index (χ0) is 21.6. The molecule has 0 spiro atoms. The fraction of sp³-hybridized carbons (Fsp3) is 0.391. The molecule has 0 bridgehead atoms. The van der Waals surface area contributed by atoms with Crippen LogP contribution in [0.4, 0.5) is 0 Å². The van der Waals surface area contributed by atoms with E-state index in [1.807, 2.05) is 18.2 Å². The molecule has 164 valence electrons. The molecule has 2 aliphatic heterocycles. The van der Waals surface area contributed by atoms with Gasteiger partial charge in [0.2, 0.25) is 10.0 Å². The second-order valence-electron chi connectivity index (χ2n) is 8.47. The van der Waals surface area contributed by atoms with E-state index in [2.05, 4.69) is 17.1 Å². The highest BCUT2D eigenvalue weighted by Crippen LogP contribution is 2.43. The summed E-state index contributed by atoms with van der Waals surface area (Å²) in [5.74, 6) is 0.334. The molecule has 31 heavy (non-hydrogen) atoms. The van der Waals surface area contributed by atoms with Crippen molar-refractivity contribution in [3.05, 3.63) is 64.8 Å². The van der Waals surface area contributed by atoms with Gasteiger partial charge in [0.1, 0.15) is 17.2 Å². The van der Waals surface area contributed by atoms with E-state index in [4.69, 9.17) is 22.1 Å². The van der Waals surface area contributed by atoms with Crippen molar-refractivity contribution in [3.8, 4) is 0 Å². The van der Waals surface area contributed by atoms with E-state index < -0.39 is 22.4 Å². The lowest BCUT2D eigenvalue weighted by molar-refractivity contribution is 0.256. The molecule has 2 aromatic carbocycles. The average molecular weight is 460 g/mol. The van der Waals surface area contributed by atoms with E-state index >= 15 is 0 Å². The van der Waals surface area contributed by atoms with Gasteiger partial charge in [-0.25, -0.2) is 8.42 Å². The van der Waals surface area contributed by atoms with E-state index in [-0.39, 0.29) is 4.90 Å². The van der Waals surface area contributed by atoms with Crippen LogP contribution in [0.25, 0.3) is 10.9 Å². The van der Waals surface area contributed by atoms with Gasteiger partial charge in [-0.15, -0.1) is 0 Å². The van der Waals surface area contributed by atoms with Crippen molar-refractivity contribution < 1.29 is 13.2 Å². The normalized spacial score (nSPS) is 24.5. The SMILES string of the molecule is NC1OC1c1[nH]c2ccc(Cl)cc2c1S(=O)(=O)N1CCCC(CCc2ccccc2)C1. The van der Waals surface area contributed by atoms with Crippen molar-refractivity contribution in [2.45, 2.75) is 42.9 Å². The molecule has 2 saturated heterocycles. The van der Waals surface area contributed by atoms with Gasteiger partial charge in [-0.2, -0.15) is 4.31 Å². The van der Waals surface area contributed by atoms with Gasteiger partial charge in [0.25, 0.3) is 0 Å². The Kier molecular flexibility index (Phi) is 5.56. The second kappa shape index (κ2) is 8.22. The van der Waals surface area contributed by atoms with Gasteiger partial charge in [0.05, 0.1) is 5.69 Å².